The molecule has 0 fully saturated rings. The molecule has 0 aromatic heterocycles. The molecule has 0 spiro atoms. The van der Waals surface area contributed by atoms with Gasteiger partial charge in [0.25, 0.3) is 0 Å². The van der Waals surface area contributed by atoms with Gasteiger partial charge in [0.15, 0.2) is 0 Å². The second kappa shape index (κ2) is 6.41. The molecule has 0 radical (unpaired) electrons. The van der Waals surface area contributed by atoms with Gasteiger partial charge >= 0.3 is 0 Å². The van der Waals surface area contributed by atoms with Crippen molar-refractivity contribution < 1.29 is 16.8 Å². The van der Waals surface area contributed by atoms with Crippen molar-refractivity contribution in [2.75, 3.05) is 12.8 Å². The van der Waals surface area contributed by atoms with E-state index in [4.69, 9.17) is 5.73 Å². The fourth-order valence-electron chi connectivity index (χ4n) is 1.70. The van der Waals surface area contributed by atoms with Crippen molar-refractivity contribution in [1.82, 2.24) is 9.44 Å². The molecule has 7 nitrogen and oxygen atoms in total. The molecule has 0 saturated carbocycles. The third kappa shape index (κ3) is 6.10. The maximum atomic E-state index is 12.1. The van der Waals surface area contributed by atoms with E-state index >= 15 is 0 Å². The van der Waals surface area contributed by atoms with Gasteiger partial charge in [0.2, 0.25) is 20.0 Å². The Morgan fingerprint density at radius 2 is 1.62 bits per heavy atom. The number of rotatable bonds is 7. The molecule has 0 saturated heterocycles. The summed E-state index contributed by atoms with van der Waals surface area (Å²) in [7, 11) is -7.12. The molecule has 0 bridgehead atoms. The second-order valence-electron chi connectivity index (χ2n) is 5.43. The number of hydrogen-bond acceptors (Lipinski definition) is 5. The Balaban J connectivity index is 2.81. The molecule has 120 valence electrons. The zero-order chi connectivity index (χ0) is 16.3. The predicted molar refractivity (Wildman–Crippen MR) is 81.6 cm³/mol. The van der Waals surface area contributed by atoms with Crippen molar-refractivity contribution in [3.63, 3.8) is 0 Å². The van der Waals surface area contributed by atoms with Gasteiger partial charge in [-0.3, -0.25) is 0 Å². The number of hydrogen-bond donors (Lipinski definition) is 3. The second-order valence-corrected chi connectivity index (χ2v) is 8.95. The molecule has 1 aromatic rings. The van der Waals surface area contributed by atoms with Crippen LogP contribution >= 0.6 is 0 Å². The Morgan fingerprint density at radius 1 is 1.10 bits per heavy atom. The number of sulfonamides is 2. The predicted octanol–water partition coefficient (Wildman–Crippen LogP) is -0.249. The van der Waals surface area contributed by atoms with Gasteiger partial charge in [-0.15, -0.1) is 0 Å². The molecular weight excluding hydrogens is 314 g/mol. The van der Waals surface area contributed by atoms with Crippen LogP contribution in [0.1, 0.15) is 19.4 Å². The van der Waals surface area contributed by atoms with Gasteiger partial charge in [-0.05, 0) is 31.5 Å². The SMILES string of the molecule is CC(C)(CNS(=O)(=O)c1ccc(CN)cc1)NS(C)(=O)=O. The summed E-state index contributed by atoms with van der Waals surface area (Å²) >= 11 is 0. The van der Waals surface area contributed by atoms with Crippen molar-refractivity contribution in [1.29, 1.82) is 0 Å². The van der Waals surface area contributed by atoms with Crippen LogP contribution in [0.25, 0.3) is 0 Å². The van der Waals surface area contributed by atoms with E-state index in [1.54, 1.807) is 26.0 Å². The van der Waals surface area contributed by atoms with Crippen LogP contribution in [0.4, 0.5) is 0 Å². The summed E-state index contributed by atoms with van der Waals surface area (Å²) in [6.45, 7) is 3.45. The van der Waals surface area contributed by atoms with Gasteiger partial charge in [0, 0.05) is 18.6 Å². The smallest absolute Gasteiger partial charge is 0.240 e. The fraction of sp³-hybridized carbons (Fsp3) is 0.500. The zero-order valence-corrected chi connectivity index (χ0v) is 13.9. The molecular formula is C12H21N3O4S2. The summed E-state index contributed by atoms with van der Waals surface area (Å²) in [4.78, 5) is 0.106. The van der Waals surface area contributed by atoms with Crippen molar-refractivity contribution in [2.24, 2.45) is 5.73 Å². The molecule has 0 aliphatic carbocycles. The lowest BCUT2D eigenvalue weighted by molar-refractivity contribution is 0.446. The zero-order valence-electron chi connectivity index (χ0n) is 12.3. The summed E-state index contributed by atoms with van der Waals surface area (Å²) in [6, 6.07) is 6.19. The Kier molecular flexibility index (Phi) is 5.51. The average Bonchev–Trinajstić information content (AvgIpc) is 2.34. The van der Waals surface area contributed by atoms with Crippen LogP contribution in [0.5, 0.6) is 0 Å². The first-order valence-electron chi connectivity index (χ1n) is 6.23. The molecule has 0 amide bonds. The van der Waals surface area contributed by atoms with E-state index in [1.807, 2.05) is 0 Å². The maximum absolute atomic E-state index is 12.1. The van der Waals surface area contributed by atoms with Gasteiger partial charge < -0.3 is 5.73 Å². The van der Waals surface area contributed by atoms with Gasteiger partial charge in [-0.25, -0.2) is 26.3 Å². The molecule has 1 rings (SSSR count). The third-order valence-corrected chi connectivity index (χ3v) is 4.98. The monoisotopic (exact) mass is 335 g/mol. The summed E-state index contributed by atoms with van der Waals surface area (Å²) < 4.78 is 51.4. The molecule has 0 heterocycles. The lowest BCUT2D eigenvalue weighted by Gasteiger charge is -2.25. The van der Waals surface area contributed by atoms with Crippen molar-refractivity contribution in [2.45, 2.75) is 30.8 Å². The van der Waals surface area contributed by atoms with E-state index in [2.05, 4.69) is 9.44 Å². The lowest BCUT2D eigenvalue weighted by Crippen LogP contribution is -2.50. The molecule has 0 aliphatic heterocycles. The van der Waals surface area contributed by atoms with E-state index in [1.165, 1.54) is 12.1 Å². The van der Waals surface area contributed by atoms with E-state index in [0.717, 1.165) is 11.8 Å². The highest BCUT2D eigenvalue weighted by atomic mass is 32.2. The van der Waals surface area contributed by atoms with Gasteiger partial charge in [0.1, 0.15) is 0 Å². The first kappa shape index (κ1) is 18.1. The average molecular weight is 335 g/mol. The maximum Gasteiger partial charge on any atom is 0.240 e. The van der Waals surface area contributed by atoms with E-state index in [-0.39, 0.29) is 11.4 Å². The minimum absolute atomic E-state index is 0.0684. The summed E-state index contributed by atoms with van der Waals surface area (Å²) in [5.41, 5.74) is 5.35. The highest BCUT2D eigenvalue weighted by molar-refractivity contribution is 7.89. The van der Waals surface area contributed by atoms with Crippen LogP contribution < -0.4 is 15.2 Å². The fourth-order valence-corrected chi connectivity index (χ4v) is 3.99. The van der Waals surface area contributed by atoms with Crippen LogP contribution in [0.3, 0.4) is 0 Å². The Bertz CT molecular complexity index is 680. The standard InChI is InChI=1S/C12H21N3O4S2/c1-12(2,15-20(3,16)17)9-14-21(18,19)11-6-4-10(8-13)5-7-11/h4-7,14-15H,8-9,13H2,1-3H3. The van der Waals surface area contributed by atoms with Crippen LogP contribution in [-0.2, 0) is 26.6 Å². The largest absolute Gasteiger partial charge is 0.326 e. The number of benzene rings is 1. The van der Waals surface area contributed by atoms with Crippen LogP contribution in [0, 0.1) is 0 Å². The molecule has 0 unspecified atom stereocenters. The van der Waals surface area contributed by atoms with Gasteiger partial charge in [-0.2, -0.15) is 0 Å². The molecule has 21 heavy (non-hydrogen) atoms. The first-order chi connectivity index (χ1) is 9.45. The van der Waals surface area contributed by atoms with Crippen LogP contribution in [0.15, 0.2) is 29.2 Å². The van der Waals surface area contributed by atoms with Crippen LogP contribution in [-0.4, -0.2) is 35.2 Å². The Hall–Kier alpha value is -1.00. The minimum Gasteiger partial charge on any atom is -0.326 e. The van der Waals surface area contributed by atoms with E-state index in [0.29, 0.717) is 6.54 Å². The quantitative estimate of drug-likeness (QED) is 0.635. The molecule has 0 aliphatic rings. The van der Waals surface area contributed by atoms with E-state index < -0.39 is 25.6 Å². The van der Waals surface area contributed by atoms with Crippen molar-refractivity contribution in [3.8, 4) is 0 Å². The highest BCUT2D eigenvalue weighted by Gasteiger charge is 2.25. The molecule has 9 heteroatoms. The molecule has 4 N–H and O–H groups in total. The summed E-state index contributed by atoms with van der Waals surface area (Å²) in [6.07, 6.45) is 1.02. The number of nitrogens with two attached hydrogens (primary N) is 1. The third-order valence-electron chi connectivity index (χ3n) is 2.64. The molecule has 0 atom stereocenters. The Labute approximate surface area is 126 Å². The van der Waals surface area contributed by atoms with Crippen molar-refractivity contribution in [3.05, 3.63) is 29.8 Å². The van der Waals surface area contributed by atoms with Gasteiger partial charge in [-0.1, -0.05) is 12.1 Å². The lowest BCUT2D eigenvalue weighted by atomic mass is 10.1. The normalized spacial score (nSPS) is 13.3. The highest BCUT2D eigenvalue weighted by Crippen LogP contribution is 2.11. The summed E-state index contributed by atoms with van der Waals surface area (Å²) in [5, 5.41) is 0. The molecule has 1 aromatic carbocycles. The first-order valence-corrected chi connectivity index (χ1v) is 9.60. The van der Waals surface area contributed by atoms with Crippen molar-refractivity contribution >= 4 is 20.0 Å². The van der Waals surface area contributed by atoms with E-state index in [9.17, 15) is 16.8 Å². The Morgan fingerprint density at radius 3 is 2.05 bits per heavy atom. The summed E-state index contributed by atoms with van der Waals surface area (Å²) in [5.74, 6) is 0. The van der Waals surface area contributed by atoms with Gasteiger partial charge in [0.05, 0.1) is 11.2 Å². The minimum atomic E-state index is -3.70. The number of nitrogens with one attached hydrogen (secondary N) is 2. The topological polar surface area (TPSA) is 118 Å². The van der Waals surface area contributed by atoms with Crippen LogP contribution in [0.2, 0.25) is 0 Å².